The first kappa shape index (κ1) is 9.07. The lowest BCUT2D eigenvalue weighted by molar-refractivity contribution is 0.189. The maximum Gasteiger partial charge on any atom is 0.469 e. The van der Waals surface area contributed by atoms with E-state index in [1.165, 1.54) is 0 Å². The molecule has 56 valence electrons. The van der Waals surface area contributed by atoms with Crippen molar-refractivity contribution in [3.8, 4) is 0 Å². The summed E-state index contributed by atoms with van der Waals surface area (Å²) >= 11 is 0. The highest BCUT2D eigenvalue weighted by molar-refractivity contribution is 7.46. The zero-order valence-electron chi connectivity index (χ0n) is 5.02. The monoisotopic (exact) mass is 155 g/mol. The third-order valence-corrected chi connectivity index (χ3v) is 0.991. The zero-order valence-corrected chi connectivity index (χ0v) is 5.91. The predicted molar refractivity (Wildman–Crippen MR) is 31.6 cm³/mol. The molecule has 0 aromatic heterocycles. The number of hydrogen-bond donors (Lipinski definition) is 3. The second kappa shape index (κ2) is 3.29. The van der Waals surface area contributed by atoms with Crippen LogP contribution in [0, 0.1) is 0 Å². The Morgan fingerprint density at radius 2 is 2.22 bits per heavy atom. The van der Waals surface area contributed by atoms with Crippen LogP contribution in [0.5, 0.6) is 0 Å². The Kier molecular flexibility index (Phi) is 3.32. The fourth-order valence-corrected chi connectivity index (χ4v) is 0.644. The van der Waals surface area contributed by atoms with E-state index in [0.717, 1.165) is 0 Å². The molecule has 1 atom stereocenters. The van der Waals surface area contributed by atoms with Gasteiger partial charge in [-0.1, -0.05) is 0 Å². The van der Waals surface area contributed by atoms with Crippen LogP contribution in [0.15, 0.2) is 0 Å². The lowest BCUT2D eigenvalue weighted by Crippen LogP contribution is -2.20. The van der Waals surface area contributed by atoms with Gasteiger partial charge in [0.15, 0.2) is 0 Å². The van der Waals surface area contributed by atoms with Gasteiger partial charge in [0.1, 0.15) is 0 Å². The van der Waals surface area contributed by atoms with E-state index >= 15 is 0 Å². The van der Waals surface area contributed by atoms with Gasteiger partial charge in [-0.2, -0.15) is 0 Å². The second-order valence-electron chi connectivity index (χ2n) is 1.76. The molecule has 0 saturated heterocycles. The maximum atomic E-state index is 9.95. The van der Waals surface area contributed by atoms with Crippen LogP contribution in [0.4, 0.5) is 0 Å². The van der Waals surface area contributed by atoms with Gasteiger partial charge in [0, 0.05) is 6.04 Å². The summed E-state index contributed by atoms with van der Waals surface area (Å²) in [7, 11) is -4.30. The minimum absolute atomic E-state index is 0.121. The highest BCUT2D eigenvalue weighted by Crippen LogP contribution is 2.35. The van der Waals surface area contributed by atoms with Gasteiger partial charge in [0.05, 0.1) is 6.61 Å². The number of nitrogens with two attached hydrogens (primary N) is 1. The van der Waals surface area contributed by atoms with E-state index in [2.05, 4.69) is 4.52 Å². The second-order valence-corrected chi connectivity index (χ2v) is 3.00. The van der Waals surface area contributed by atoms with E-state index in [4.69, 9.17) is 15.5 Å². The van der Waals surface area contributed by atoms with Crippen molar-refractivity contribution in [3.05, 3.63) is 0 Å². The van der Waals surface area contributed by atoms with E-state index < -0.39 is 7.82 Å². The number of phosphoric ester groups is 1. The van der Waals surface area contributed by atoms with Gasteiger partial charge < -0.3 is 15.5 Å². The SMILES string of the molecule is C[C@H](N)COP(=O)(O)O. The molecule has 0 rings (SSSR count). The van der Waals surface area contributed by atoms with E-state index in [1.807, 2.05) is 0 Å². The van der Waals surface area contributed by atoms with Crippen molar-refractivity contribution in [1.29, 1.82) is 0 Å². The Morgan fingerprint density at radius 1 is 1.78 bits per heavy atom. The fraction of sp³-hybridized carbons (Fsp3) is 1.00. The third kappa shape index (κ3) is 8.07. The van der Waals surface area contributed by atoms with E-state index in [-0.39, 0.29) is 12.6 Å². The van der Waals surface area contributed by atoms with Crippen LogP contribution in [0.2, 0.25) is 0 Å². The molecule has 0 aromatic rings. The van der Waals surface area contributed by atoms with Crippen molar-refractivity contribution >= 4 is 7.82 Å². The molecular weight excluding hydrogens is 145 g/mol. The summed E-state index contributed by atoms with van der Waals surface area (Å²) in [5, 5.41) is 0. The molecule has 9 heavy (non-hydrogen) atoms. The normalized spacial score (nSPS) is 15.6. The van der Waals surface area contributed by atoms with E-state index in [9.17, 15) is 4.57 Å². The molecule has 4 N–H and O–H groups in total. The van der Waals surface area contributed by atoms with Crippen LogP contribution in [0.3, 0.4) is 0 Å². The molecular formula is C3H10NO4P. The largest absolute Gasteiger partial charge is 0.469 e. The molecule has 6 heteroatoms. The fourth-order valence-electron chi connectivity index (χ4n) is 0.215. The number of phosphoric acid groups is 1. The first-order chi connectivity index (χ1) is 3.92. The van der Waals surface area contributed by atoms with E-state index in [1.54, 1.807) is 6.92 Å². The molecule has 0 saturated carbocycles. The van der Waals surface area contributed by atoms with Gasteiger partial charge in [-0.15, -0.1) is 0 Å². The lowest BCUT2D eigenvalue weighted by Gasteiger charge is -2.06. The average Bonchev–Trinajstić information content (AvgIpc) is 1.59. The van der Waals surface area contributed by atoms with Crippen LogP contribution in [-0.4, -0.2) is 22.4 Å². The Balaban J connectivity index is 3.40. The van der Waals surface area contributed by atoms with Crippen molar-refractivity contribution in [3.63, 3.8) is 0 Å². The summed E-state index contributed by atoms with van der Waals surface area (Å²) < 4.78 is 14.0. The first-order valence-corrected chi connectivity index (χ1v) is 3.90. The minimum atomic E-state index is -4.30. The molecule has 0 aromatic carbocycles. The van der Waals surface area contributed by atoms with Crippen molar-refractivity contribution in [1.82, 2.24) is 0 Å². The van der Waals surface area contributed by atoms with Crippen LogP contribution in [-0.2, 0) is 9.09 Å². The predicted octanol–water partition coefficient (Wildman–Crippen LogP) is -0.557. The average molecular weight is 155 g/mol. The van der Waals surface area contributed by atoms with Gasteiger partial charge in [-0.05, 0) is 6.92 Å². The maximum absolute atomic E-state index is 9.95. The zero-order chi connectivity index (χ0) is 7.49. The molecule has 0 unspecified atom stereocenters. The van der Waals surface area contributed by atoms with E-state index in [0.29, 0.717) is 0 Å². The Morgan fingerprint density at radius 3 is 2.33 bits per heavy atom. The van der Waals surface area contributed by atoms with Crippen molar-refractivity contribution in [2.24, 2.45) is 5.73 Å². The molecule has 5 nitrogen and oxygen atoms in total. The summed E-state index contributed by atoms with van der Waals surface area (Å²) in [6.07, 6.45) is 0. The van der Waals surface area contributed by atoms with Crippen LogP contribution >= 0.6 is 7.82 Å². The van der Waals surface area contributed by atoms with Crippen LogP contribution < -0.4 is 5.73 Å². The molecule has 0 heterocycles. The summed E-state index contributed by atoms with van der Waals surface area (Å²) in [5.74, 6) is 0. The number of rotatable bonds is 3. The Labute approximate surface area is 53.1 Å². The Hall–Kier alpha value is 0.0700. The molecule has 0 spiro atoms. The van der Waals surface area contributed by atoms with Gasteiger partial charge in [0.25, 0.3) is 0 Å². The quantitative estimate of drug-likeness (QED) is 0.475. The van der Waals surface area contributed by atoms with Gasteiger partial charge in [-0.25, -0.2) is 4.57 Å². The van der Waals surface area contributed by atoms with Crippen molar-refractivity contribution in [2.45, 2.75) is 13.0 Å². The summed E-state index contributed by atoms with van der Waals surface area (Å²) in [6.45, 7) is 1.47. The Bertz CT molecular complexity index is 119. The van der Waals surface area contributed by atoms with Crippen LogP contribution in [0.1, 0.15) is 6.92 Å². The molecule has 0 aliphatic heterocycles. The highest BCUT2D eigenvalue weighted by Gasteiger charge is 2.13. The van der Waals surface area contributed by atoms with Crippen molar-refractivity contribution < 1.29 is 18.9 Å². The van der Waals surface area contributed by atoms with Crippen molar-refractivity contribution in [2.75, 3.05) is 6.61 Å². The van der Waals surface area contributed by atoms with Gasteiger partial charge in [0.2, 0.25) is 0 Å². The molecule has 0 aliphatic carbocycles. The molecule has 0 fully saturated rings. The molecule has 0 radical (unpaired) electrons. The summed E-state index contributed by atoms with van der Waals surface area (Å²) in [4.78, 5) is 16.2. The first-order valence-electron chi connectivity index (χ1n) is 2.37. The van der Waals surface area contributed by atoms with Gasteiger partial charge >= 0.3 is 7.82 Å². The van der Waals surface area contributed by atoms with Crippen LogP contribution in [0.25, 0.3) is 0 Å². The molecule has 0 bridgehead atoms. The molecule has 0 aliphatic rings. The topological polar surface area (TPSA) is 92.8 Å². The lowest BCUT2D eigenvalue weighted by atomic mass is 10.4. The highest BCUT2D eigenvalue weighted by atomic mass is 31.2. The minimum Gasteiger partial charge on any atom is -0.326 e. The standard InChI is InChI=1S/C3H10NO4P/c1-3(4)2-8-9(5,6)7/h3H,2,4H2,1H3,(H2,5,6,7)/t3-/m0/s1. The summed E-state index contributed by atoms with van der Waals surface area (Å²) in [5.41, 5.74) is 5.13. The van der Waals surface area contributed by atoms with Gasteiger partial charge in [-0.3, -0.25) is 4.52 Å². The molecule has 0 amide bonds. The third-order valence-electron chi connectivity index (χ3n) is 0.506. The summed E-state index contributed by atoms with van der Waals surface area (Å²) in [6, 6.07) is -0.349. The number of hydrogen-bond acceptors (Lipinski definition) is 3. The smallest absolute Gasteiger partial charge is 0.326 e.